The van der Waals surface area contributed by atoms with Crippen LogP contribution in [0.5, 0.6) is 0 Å². The van der Waals surface area contributed by atoms with E-state index in [0.29, 0.717) is 18.4 Å². The molecule has 1 amide bonds. The molecule has 0 aliphatic carbocycles. The summed E-state index contributed by atoms with van der Waals surface area (Å²) in [6.07, 6.45) is 6.63. The minimum absolute atomic E-state index is 0.294. The van der Waals surface area contributed by atoms with Crippen LogP contribution in [-0.2, 0) is 4.79 Å². The predicted molar refractivity (Wildman–Crippen MR) is 62.8 cm³/mol. The van der Waals surface area contributed by atoms with Gasteiger partial charge in [0.1, 0.15) is 0 Å². The molecule has 1 atom stereocenters. The van der Waals surface area contributed by atoms with Crippen molar-refractivity contribution in [3.63, 3.8) is 0 Å². The Morgan fingerprint density at radius 2 is 2.27 bits per heavy atom. The van der Waals surface area contributed by atoms with Crippen molar-refractivity contribution in [3.8, 4) is 0 Å². The van der Waals surface area contributed by atoms with Gasteiger partial charge >= 0.3 is 0 Å². The van der Waals surface area contributed by atoms with Crippen LogP contribution < -0.4 is 5.32 Å². The van der Waals surface area contributed by atoms with E-state index in [4.69, 9.17) is 0 Å². The zero-order valence-corrected chi connectivity index (χ0v) is 10.1. The smallest absolute Gasteiger partial charge is 0.223 e. The van der Waals surface area contributed by atoms with E-state index in [-0.39, 0.29) is 0 Å². The Morgan fingerprint density at radius 1 is 1.47 bits per heavy atom. The number of piperidine rings is 1. The number of nitrogens with one attached hydrogen (secondary N) is 1. The van der Waals surface area contributed by atoms with Gasteiger partial charge in [-0.3, -0.25) is 4.79 Å². The highest BCUT2D eigenvalue weighted by Crippen LogP contribution is 2.11. The molecule has 0 aromatic heterocycles. The monoisotopic (exact) mass is 212 g/mol. The average Bonchev–Trinajstić information content (AvgIpc) is 2.27. The first-order valence-electron chi connectivity index (χ1n) is 6.21. The first-order valence-corrected chi connectivity index (χ1v) is 6.21. The maximum atomic E-state index is 11.8. The van der Waals surface area contributed by atoms with Gasteiger partial charge in [-0.15, -0.1) is 0 Å². The summed E-state index contributed by atoms with van der Waals surface area (Å²) in [7, 11) is 1.92. The van der Waals surface area contributed by atoms with E-state index in [1.165, 1.54) is 12.8 Å². The molecule has 1 aliphatic rings. The highest BCUT2D eigenvalue weighted by Gasteiger charge is 2.18. The van der Waals surface area contributed by atoms with Crippen molar-refractivity contribution < 1.29 is 4.79 Å². The number of hydrogen-bond donors (Lipinski definition) is 1. The van der Waals surface area contributed by atoms with E-state index in [1.807, 2.05) is 11.9 Å². The Kier molecular flexibility index (Phi) is 5.69. The maximum absolute atomic E-state index is 11.8. The fourth-order valence-corrected chi connectivity index (χ4v) is 1.98. The Balaban J connectivity index is 2.20. The second-order valence-electron chi connectivity index (χ2n) is 4.52. The fraction of sp³-hybridized carbons (Fsp3) is 0.917. The molecule has 0 bridgehead atoms. The fourth-order valence-electron chi connectivity index (χ4n) is 1.98. The molecule has 1 unspecified atom stereocenters. The minimum Gasteiger partial charge on any atom is -0.346 e. The lowest BCUT2D eigenvalue weighted by Crippen LogP contribution is -2.39. The number of carbonyl (C=O) groups is 1. The van der Waals surface area contributed by atoms with Crippen LogP contribution in [0.3, 0.4) is 0 Å². The molecule has 1 heterocycles. The van der Waals surface area contributed by atoms with E-state index in [9.17, 15) is 4.79 Å². The zero-order chi connectivity index (χ0) is 11.1. The Labute approximate surface area is 93.2 Å². The molecule has 15 heavy (non-hydrogen) atoms. The molecule has 0 spiro atoms. The Bertz CT molecular complexity index is 188. The van der Waals surface area contributed by atoms with E-state index < -0.39 is 0 Å². The van der Waals surface area contributed by atoms with Crippen molar-refractivity contribution in [2.24, 2.45) is 0 Å². The molecule has 1 N–H and O–H groups in total. The summed E-state index contributed by atoms with van der Waals surface area (Å²) in [6, 6.07) is 0.426. The van der Waals surface area contributed by atoms with Crippen LogP contribution in [-0.4, -0.2) is 37.0 Å². The van der Waals surface area contributed by atoms with Crippen LogP contribution in [0, 0.1) is 0 Å². The summed E-state index contributed by atoms with van der Waals surface area (Å²) in [5.41, 5.74) is 0. The maximum Gasteiger partial charge on any atom is 0.223 e. The van der Waals surface area contributed by atoms with Crippen molar-refractivity contribution in [1.82, 2.24) is 10.2 Å². The van der Waals surface area contributed by atoms with Crippen LogP contribution in [0.2, 0.25) is 0 Å². The molecule has 1 fully saturated rings. The van der Waals surface area contributed by atoms with Gasteiger partial charge in [0, 0.05) is 26.1 Å². The second-order valence-corrected chi connectivity index (χ2v) is 4.52. The lowest BCUT2D eigenvalue weighted by Gasteiger charge is -2.25. The number of carbonyl (C=O) groups excluding carboxylic acids is 1. The standard InChI is InChI=1S/C12H24N2O/c1-3-4-9-14(2)12(15)10-11-7-5-6-8-13-11/h11,13H,3-10H2,1-2H3. The molecule has 1 rings (SSSR count). The molecule has 3 nitrogen and oxygen atoms in total. The highest BCUT2D eigenvalue weighted by atomic mass is 16.2. The van der Waals surface area contributed by atoms with Crippen molar-refractivity contribution in [1.29, 1.82) is 0 Å². The van der Waals surface area contributed by atoms with Gasteiger partial charge in [-0.05, 0) is 25.8 Å². The van der Waals surface area contributed by atoms with Crippen molar-refractivity contribution in [3.05, 3.63) is 0 Å². The molecule has 3 heteroatoms. The molecule has 1 saturated heterocycles. The summed E-state index contributed by atoms with van der Waals surface area (Å²) < 4.78 is 0. The molecule has 1 aliphatic heterocycles. The Morgan fingerprint density at radius 3 is 2.87 bits per heavy atom. The molecule has 0 saturated carbocycles. The molecule has 88 valence electrons. The Hall–Kier alpha value is -0.570. The van der Waals surface area contributed by atoms with E-state index >= 15 is 0 Å². The van der Waals surface area contributed by atoms with Crippen molar-refractivity contribution in [2.75, 3.05) is 20.1 Å². The summed E-state index contributed by atoms with van der Waals surface area (Å²) >= 11 is 0. The van der Waals surface area contributed by atoms with E-state index in [0.717, 1.165) is 32.4 Å². The van der Waals surface area contributed by atoms with Crippen LogP contribution in [0.1, 0.15) is 45.4 Å². The summed E-state index contributed by atoms with van der Waals surface area (Å²) in [4.78, 5) is 13.7. The van der Waals surface area contributed by atoms with E-state index in [1.54, 1.807) is 0 Å². The second kappa shape index (κ2) is 6.83. The quantitative estimate of drug-likeness (QED) is 0.753. The van der Waals surface area contributed by atoms with Crippen molar-refractivity contribution >= 4 is 5.91 Å². The number of hydrogen-bond acceptors (Lipinski definition) is 2. The minimum atomic E-state index is 0.294. The lowest BCUT2D eigenvalue weighted by molar-refractivity contribution is -0.130. The summed E-state index contributed by atoms with van der Waals surface area (Å²) in [6.45, 7) is 4.14. The van der Waals surface area contributed by atoms with Gasteiger partial charge in [0.15, 0.2) is 0 Å². The molecule has 0 radical (unpaired) electrons. The van der Waals surface area contributed by atoms with Gasteiger partial charge in [0.25, 0.3) is 0 Å². The number of rotatable bonds is 5. The predicted octanol–water partition coefficient (Wildman–Crippen LogP) is 1.78. The third-order valence-electron chi connectivity index (χ3n) is 3.11. The van der Waals surface area contributed by atoms with Gasteiger partial charge in [0.2, 0.25) is 5.91 Å². The van der Waals surface area contributed by atoms with Crippen LogP contribution >= 0.6 is 0 Å². The third kappa shape index (κ3) is 4.65. The average molecular weight is 212 g/mol. The van der Waals surface area contributed by atoms with E-state index in [2.05, 4.69) is 12.2 Å². The lowest BCUT2D eigenvalue weighted by atomic mass is 10.0. The summed E-state index contributed by atoms with van der Waals surface area (Å²) in [5.74, 6) is 0.294. The van der Waals surface area contributed by atoms with Crippen LogP contribution in [0.4, 0.5) is 0 Å². The van der Waals surface area contributed by atoms with Gasteiger partial charge in [-0.1, -0.05) is 19.8 Å². The van der Waals surface area contributed by atoms with Gasteiger partial charge in [-0.2, -0.15) is 0 Å². The molecule has 0 aromatic carbocycles. The van der Waals surface area contributed by atoms with Crippen LogP contribution in [0.15, 0.2) is 0 Å². The summed E-state index contributed by atoms with van der Waals surface area (Å²) in [5, 5.41) is 3.41. The van der Waals surface area contributed by atoms with Crippen LogP contribution in [0.25, 0.3) is 0 Å². The van der Waals surface area contributed by atoms with Gasteiger partial charge in [-0.25, -0.2) is 0 Å². The third-order valence-corrected chi connectivity index (χ3v) is 3.11. The number of amides is 1. The van der Waals surface area contributed by atoms with Gasteiger partial charge < -0.3 is 10.2 Å². The topological polar surface area (TPSA) is 32.3 Å². The number of nitrogens with zero attached hydrogens (tertiary/aromatic N) is 1. The first kappa shape index (κ1) is 12.5. The molecular weight excluding hydrogens is 188 g/mol. The molecular formula is C12H24N2O. The normalized spacial score (nSPS) is 21.3. The molecule has 0 aromatic rings. The largest absolute Gasteiger partial charge is 0.346 e. The highest BCUT2D eigenvalue weighted by molar-refractivity contribution is 5.76. The zero-order valence-electron chi connectivity index (χ0n) is 10.1. The van der Waals surface area contributed by atoms with Gasteiger partial charge in [0.05, 0.1) is 0 Å². The first-order chi connectivity index (χ1) is 7.24. The van der Waals surface area contributed by atoms with Crippen molar-refractivity contribution in [2.45, 2.75) is 51.5 Å². The number of unbranched alkanes of at least 4 members (excludes halogenated alkanes) is 1. The SMILES string of the molecule is CCCCN(C)C(=O)CC1CCCCN1.